The summed E-state index contributed by atoms with van der Waals surface area (Å²) in [6, 6.07) is 60.8. The van der Waals surface area contributed by atoms with Crippen molar-refractivity contribution >= 4 is 48.9 Å². The van der Waals surface area contributed by atoms with Gasteiger partial charge in [-0.1, -0.05) is 190 Å². The molecule has 0 saturated heterocycles. The Hall–Kier alpha value is -6.83. The summed E-state index contributed by atoms with van der Waals surface area (Å²) in [5, 5.41) is 9.93. The molecule has 1 nitrogen and oxygen atoms in total. The van der Waals surface area contributed by atoms with Gasteiger partial charge in [0.2, 0.25) is 0 Å². The average Bonchev–Trinajstić information content (AvgIpc) is 3.50. The van der Waals surface area contributed by atoms with Gasteiger partial charge in [0.25, 0.3) is 0 Å². The maximum Gasteiger partial charge on any atom is 0.193 e. The van der Waals surface area contributed by atoms with Gasteiger partial charge in [0.1, 0.15) is 0 Å². The van der Waals surface area contributed by atoms with Gasteiger partial charge in [-0.05, 0) is 117 Å². The zero-order chi connectivity index (χ0) is 38.3. The lowest BCUT2D eigenvalue weighted by Crippen LogP contribution is -2.24. The summed E-state index contributed by atoms with van der Waals surface area (Å²) in [5.74, 6) is 0.791. The molecule has 0 aromatic heterocycles. The van der Waals surface area contributed by atoms with Crippen molar-refractivity contribution in [1.82, 2.24) is 0 Å². The molecule has 0 fully saturated rings. The van der Waals surface area contributed by atoms with Gasteiger partial charge in [-0.2, -0.15) is 0 Å². The van der Waals surface area contributed by atoms with Gasteiger partial charge in [0.05, 0.1) is 0 Å². The molecule has 0 bridgehead atoms. The standard InChI is InChI=1S/C56H40O/c1-56(2)50-23-13-12-22-47(50)54-43-19-9-8-18-42(43)49(34-51(54)56)53-45-21-11-10-20-44(45)52(36-25-27-38(28-26-36)55(57)37-15-4-3-5-16-37)46-31-30-41(33-48(46)53)40-29-24-35-14-6-7-17-39(35)32-40/h3-34,47,50H,1-2H3. The summed E-state index contributed by atoms with van der Waals surface area (Å²) in [6.45, 7) is 4.86. The quantitative estimate of drug-likeness (QED) is 0.127. The van der Waals surface area contributed by atoms with Crippen molar-refractivity contribution in [2.45, 2.75) is 25.2 Å². The molecule has 2 atom stereocenters. The fourth-order valence-corrected chi connectivity index (χ4v) is 10.1. The minimum atomic E-state index is -0.0409. The van der Waals surface area contributed by atoms with Crippen molar-refractivity contribution in [3.05, 3.63) is 216 Å². The Morgan fingerprint density at radius 2 is 1.04 bits per heavy atom. The lowest BCUT2D eigenvalue weighted by atomic mass is 9.74. The van der Waals surface area contributed by atoms with Crippen LogP contribution >= 0.6 is 0 Å². The Bertz CT molecular complexity index is 3160. The highest BCUT2D eigenvalue weighted by atomic mass is 16.1. The number of carbonyl (C=O) groups is 1. The van der Waals surface area contributed by atoms with Crippen molar-refractivity contribution < 1.29 is 4.79 Å². The van der Waals surface area contributed by atoms with E-state index in [2.05, 4.69) is 166 Å². The molecule has 9 aromatic carbocycles. The fourth-order valence-electron chi connectivity index (χ4n) is 10.1. The molecule has 0 heterocycles. The molecule has 2 unspecified atom stereocenters. The Balaban J connectivity index is 1.21. The predicted octanol–water partition coefficient (Wildman–Crippen LogP) is 14.6. The van der Waals surface area contributed by atoms with Crippen LogP contribution in [0.15, 0.2) is 194 Å². The van der Waals surface area contributed by atoms with E-state index in [0.29, 0.717) is 23.0 Å². The lowest BCUT2D eigenvalue weighted by Gasteiger charge is -2.29. The number of ketones is 1. The van der Waals surface area contributed by atoms with Gasteiger partial charge in [-0.3, -0.25) is 4.79 Å². The third-order valence-corrected chi connectivity index (χ3v) is 12.9. The molecule has 0 aliphatic heterocycles. The van der Waals surface area contributed by atoms with E-state index in [1.54, 1.807) is 0 Å². The smallest absolute Gasteiger partial charge is 0.193 e. The second kappa shape index (κ2) is 12.9. The van der Waals surface area contributed by atoms with Crippen LogP contribution < -0.4 is 0 Å². The maximum absolute atomic E-state index is 13.5. The molecular formula is C56H40O. The predicted molar refractivity (Wildman–Crippen MR) is 240 cm³/mol. The third kappa shape index (κ3) is 5.19. The van der Waals surface area contributed by atoms with E-state index in [1.807, 2.05) is 42.5 Å². The number of rotatable bonds is 5. The number of hydrogen-bond donors (Lipinski definition) is 0. The highest BCUT2D eigenvalue weighted by molar-refractivity contribution is 6.24. The Morgan fingerprint density at radius 3 is 1.82 bits per heavy atom. The van der Waals surface area contributed by atoms with E-state index in [-0.39, 0.29) is 11.2 Å². The van der Waals surface area contributed by atoms with Crippen LogP contribution in [0.5, 0.6) is 0 Å². The van der Waals surface area contributed by atoms with E-state index in [0.717, 1.165) is 5.56 Å². The van der Waals surface area contributed by atoms with Crippen molar-refractivity contribution in [3.8, 4) is 33.4 Å². The molecule has 0 radical (unpaired) electrons. The first-order valence-electron chi connectivity index (χ1n) is 20.0. The van der Waals surface area contributed by atoms with E-state index in [9.17, 15) is 4.79 Å². The molecule has 0 saturated carbocycles. The van der Waals surface area contributed by atoms with E-state index < -0.39 is 0 Å². The van der Waals surface area contributed by atoms with Crippen LogP contribution in [0.1, 0.15) is 46.8 Å². The number of benzene rings is 9. The van der Waals surface area contributed by atoms with E-state index in [1.165, 1.54) is 82.0 Å². The number of allylic oxidation sites excluding steroid dienone is 4. The highest BCUT2D eigenvalue weighted by Gasteiger charge is 2.45. The van der Waals surface area contributed by atoms with Crippen molar-refractivity contribution in [2.24, 2.45) is 5.92 Å². The summed E-state index contributed by atoms with van der Waals surface area (Å²) in [5.41, 5.74) is 11.4. The van der Waals surface area contributed by atoms with Gasteiger partial charge in [-0.15, -0.1) is 0 Å². The molecule has 9 aromatic rings. The second-order valence-corrected chi connectivity index (χ2v) is 16.4. The third-order valence-electron chi connectivity index (χ3n) is 12.9. The van der Waals surface area contributed by atoms with Crippen LogP contribution in [-0.4, -0.2) is 5.78 Å². The molecular weight excluding hydrogens is 689 g/mol. The molecule has 57 heavy (non-hydrogen) atoms. The fraction of sp³-hybridized carbons (Fsp3) is 0.0893. The van der Waals surface area contributed by atoms with Crippen LogP contribution in [0, 0.1) is 5.92 Å². The highest BCUT2D eigenvalue weighted by Crippen LogP contribution is 2.57. The van der Waals surface area contributed by atoms with Gasteiger partial charge in [0, 0.05) is 17.0 Å². The van der Waals surface area contributed by atoms with Gasteiger partial charge >= 0.3 is 0 Å². The molecule has 2 aliphatic rings. The summed E-state index contributed by atoms with van der Waals surface area (Å²) in [4.78, 5) is 13.5. The summed E-state index contributed by atoms with van der Waals surface area (Å²) < 4.78 is 0. The summed E-state index contributed by atoms with van der Waals surface area (Å²) >= 11 is 0. The van der Waals surface area contributed by atoms with Gasteiger partial charge in [0.15, 0.2) is 5.78 Å². The van der Waals surface area contributed by atoms with Crippen LogP contribution in [-0.2, 0) is 5.41 Å². The summed E-state index contributed by atoms with van der Waals surface area (Å²) in [7, 11) is 0. The topological polar surface area (TPSA) is 17.1 Å². The van der Waals surface area contributed by atoms with Crippen molar-refractivity contribution in [2.75, 3.05) is 0 Å². The van der Waals surface area contributed by atoms with Crippen LogP contribution in [0.4, 0.5) is 0 Å². The number of fused-ring (bicyclic) bond motifs is 8. The van der Waals surface area contributed by atoms with E-state index in [4.69, 9.17) is 0 Å². The molecule has 11 rings (SSSR count). The second-order valence-electron chi connectivity index (χ2n) is 16.4. The minimum absolute atomic E-state index is 0.0319. The Labute approximate surface area is 333 Å². The van der Waals surface area contributed by atoms with Gasteiger partial charge < -0.3 is 0 Å². The van der Waals surface area contributed by atoms with Crippen molar-refractivity contribution in [1.29, 1.82) is 0 Å². The van der Waals surface area contributed by atoms with Crippen LogP contribution in [0.2, 0.25) is 0 Å². The molecule has 0 spiro atoms. The zero-order valence-electron chi connectivity index (χ0n) is 32.0. The molecule has 0 N–H and O–H groups in total. The number of hydrogen-bond acceptors (Lipinski definition) is 1. The zero-order valence-corrected chi connectivity index (χ0v) is 32.0. The monoisotopic (exact) mass is 728 g/mol. The van der Waals surface area contributed by atoms with Crippen molar-refractivity contribution in [3.63, 3.8) is 0 Å². The Kier molecular flexibility index (Phi) is 7.56. The molecule has 270 valence electrons. The molecule has 0 amide bonds. The summed E-state index contributed by atoms with van der Waals surface area (Å²) in [6.07, 6.45) is 9.30. The normalized spacial score (nSPS) is 16.7. The van der Waals surface area contributed by atoms with Crippen LogP contribution in [0.25, 0.3) is 76.5 Å². The lowest BCUT2D eigenvalue weighted by molar-refractivity contribution is 0.103. The average molecular weight is 729 g/mol. The first kappa shape index (κ1) is 33.5. The first-order chi connectivity index (χ1) is 28.0. The van der Waals surface area contributed by atoms with E-state index >= 15 is 0 Å². The first-order valence-corrected chi connectivity index (χ1v) is 20.0. The minimum Gasteiger partial charge on any atom is -0.289 e. The molecule has 2 aliphatic carbocycles. The number of carbonyl (C=O) groups excluding carboxylic acids is 1. The largest absolute Gasteiger partial charge is 0.289 e. The molecule has 1 heteroatoms. The Morgan fingerprint density at radius 1 is 0.456 bits per heavy atom. The SMILES string of the molecule is CC1(C)c2cc(-c3c4ccccc4c(-c4ccc(C(=O)c5ccccc5)cc4)c4ccc(-c5ccc6ccccc6c5)cc34)c3ccccc3c2C2C=CC=CC21. The van der Waals surface area contributed by atoms with Gasteiger partial charge in [-0.25, -0.2) is 0 Å². The van der Waals surface area contributed by atoms with Crippen LogP contribution in [0.3, 0.4) is 0 Å². The maximum atomic E-state index is 13.5.